The molecule has 1 heterocycles. The van der Waals surface area contributed by atoms with Gasteiger partial charge in [0.25, 0.3) is 0 Å². The normalized spacial score (nSPS) is 13.5. The predicted octanol–water partition coefficient (Wildman–Crippen LogP) is 0.281. The molecule has 5 nitrogen and oxygen atoms in total. The Kier molecular flexibility index (Phi) is 5.54. The molecule has 6 heteroatoms. The van der Waals surface area contributed by atoms with Crippen LogP contribution >= 0.6 is 0 Å². The lowest BCUT2D eigenvalue weighted by atomic mass is 10.2. The van der Waals surface area contributed by atoms with Crippen molar-refractivity contribution in [2.24, 2.45) is 5.73 Å². The summed E-state index contributed by atoms with van der Waals surface area (Å²) in [4.78, 5) is 4.08. The van der Waals surface area contributed by atoms with Crippen LogP contribution < -0.4 is 10.5 Å². The molecule has 0 bridgehead atoms. The van der Waals surface area contributed by atoms with Gasteiger partial charge in [0.15, 0.2) is 0 Å². The zero-order valence-corrected chi connectivity index (χ0v) is 10.8. The molecule has 0 saturated heterocycles. The first kappa shape index (κ1) is 14.1. The van der Waals surface area contributed by atoms with Crippen LogP contribution in [-0.4, -0.2) is 31.7 Å². The topological polar surface area (TPSA) is 85.1 Å². The highest BCUT2D eigenvalue weighted by Gasteiger charge is 2.11. The van der Waals surface area contributed by atoms with Crippen molar-refractivity contribution in [2.45, 2.75) is 25.8 Å². The summed E-state index contributed by atoms with van der Waals surface area (Å²) in [7, 11) is -3.25. The van der Waals surface area contributed by atoms with E-state index in [1.165, 1.54) is 0 Å². The second-order valence-electron chi connectivity index (χ2n) is 3.91. The number of sulfonamides is 1. The summed E-state index contributed by atoms with van der Waals surface area (Å²) in [5, 5.41) is 0. The minimum Gasteiger partial charge on any atom is -0.327 e. The van der Waals surface area contributed by atoms with Crippen LogP contribution in [0.2, 0.25) is 0 Å². The van der Waals surface area contributed by atoms with Crippen LogP contribution in [0.15, 0.2) is 24.4 Å². The van der Waals surface area contributed by atoms with E-state index in [0.717, 1.165) is 12.1 Å². The molecule has 0 aromatic carbocycles. The number of nitrogens with zero attached hydrogens (tertiary/aromatic N) is 1. The smallest absolute Gasteiger partial charge is 0.212 e. The van der Waals surface area contributed by atoms with Crippen molar-refractivity contribution < 1.29 is 8.42 Å². The first-order chi connectivity index (χ1) is 8.03. The van der Waals surface area contributed by atoms with Gasteiger partial charge in [-0.25, -0.2) is 13.1 Å². The summed E-state index contributed by atoms with van der Waals surface area (Å²) in [5.41, 5.74) is 6.42. The molecule has 0 fully saturated rings. The number of hydrogen-bond donors (Lipinski definition) is 2. The maximum absolute atomic E-state index is 11.6. The molecular weight excluding hydrogens is 238 g/mol. The van der Waals surface area contributed by atoms with E-state index in [2.05, 4.69) is 9.71 Å². The molecule has 0 spiro atoms. The summed E-state index contributed by atoms with van der Waals surface area (Å²) < 4.78 is 25.8. The highest BCUT2D eigenvalue weighted by Crippen LogP contribution is 1.97. The molecule has 17 heavy (non-hydrogen) atoms. The van der Waals surface area contributed by atoms with Crippen molar-refractivity contribution in [3.05, 3.63) is 30.1 Å². The Labute approximate surface area is 102 Å². The van der Waals surface area contributed by atoms with Gasteiger partial charge in [0, 0.05) is 30.9 Å². The Morgan fingerprint density at radius 2 is 2.24 bits per heavy atom. The molecule has 1 rings (SSSR count). The molecular formula is C11H19N3O2S. The summed E-state index contributed by atoms with van der Waals surface area (Å²) in [6.45, 7) is 2.22. The van der Waals surface area contributed by atoms with E-state index in [-0.39, 0.29) is 11.8 Å². The van der Waals surface area contributed by atoms with Gasteiger partial charge in [-0.15, -0.1) is 0 Å². The number of rotatable bonds is 7. The van der Waals surface area contributed by atoms with Gasteiger partial charge in [-0.1, -0.05) is 13.0 Å². The quantitative estimate of drug-likeness (QED) is 0.735. The number of nitrogens with one attached hydrogen (secondary N) is 1. The molecule has 1 aromatic heterocycles. The van der Waals surface area contributed by atoms with Gasteiger partial charge in [-0.2, -0.15) is 0 Å². The van der Waals surface area contributed by atoms with Crippen LogP contribution in [0.1, 0.15) is 19.0 Å². The van der Waals surface area contributed by atoms with Gasteiger partial charge in [0.1, 0.15) is 0 Å². The zero-order chi connectivity index (χ0) is 12.7. The number of pyridine rings is 1. The monoisotopic (exact) mass is 257 g/mol. The van der Waals surface area contributed by atoms with Crippen molar-refractivity contribution >= 4 is 10.0 Å². The average molecular weight is 257 g/mol. The number of hydrogen-bond acceptors (Lipinski definition) is 4. The molecule has 0 aliphatic carbocycles. The highest BCUT2D eigenvalue weighted by molar-refractivity contribution is 7.89. The molecule has 3 N–H and O–H groups in total. The number of aromatic nitrogens is 1. The Morgan fingerprint density at radius 3 is 2.82 bits per heavy atom. The molecule has 0 amide bonds. The molecule has 1 aromatic rings. The van der Waals surface area contributed by atoms with Crippen LogP contribution in [-0.2, 0) is 16.4 Å². The van der Waals surface area contributed by atoms with E-state index >= 15 is 0 Å². The lowest BCUT2D eigenvalue weighted by Crippen LogP contribution is -2.38. The van der Waals surface area contributed by atoms with Gasteiger partial charge in [0.05, 0.1) is 5.75 Å². The Bertz CT molecular complexity index is 420. The lowest BCUT2D eigenvalue weighted by Gasteiger charge is -2.10. The fourth-order valence-electron chi connectivity index (χ4n) is 1.24. The van der Waals surface area contributed by atoms with Gasteiger partial charge in [-0.05, 0) is 18.6 Å². The maximum atomic E-state index is 11.6. The van der Waals surface area contributed by atoms with Crippen molar-refractivity contribution in [3.8, 4) is 0 Å². The largest absolute Gasteiger partial charge is 0.327 e. The minimum absolute atomic E-state index is 0.0421. The number of aryl methyl sites for hydroxylation is 1. The summed E-state index contributed by atoms with van der Waals surface area (Å²) in [6.07, 6.45) is 2.82. The van der Waals surface area contributed by atoms with Crippen LogP contribution in [0.3, 0.4) is 0 Å². The van der Waals surface area contributed by atoms with Crippen LogP contribution in [0.5, 0.6) is 0 Å². The van der Waals surface area contributed by atoms with Crippen LogP contribution in [0.25, 0.3) is 0 Å². The molecule has 0 aliphatic rings. The van der Waals surface area contributed by atoms with Crippen molar-refractivity contribution in [3.63, 3.8) is 0 Å². The fraction of sp³-hybridized carbons (Fsp3) is 0.545. The van der Waals surface area contributed by atoms with Gasteiger partial charge in [0.2, 0.25) is 10.0 Å². The molecule has 1 atom stereocenters. The van der Waals surface area contributed by atoms with Gasteiger partial charge in [-0.3, -0.25) is 4.98 Å². The van der Waals surface area contributed by atoms with Crippen molar-refractivity contribution in [1.82, 2.24) is 9.71 Å². The molecule has 1 unspecified atom stereocenters. The summed E-state index contributed by atoms with van der Waals surface area (Å²) >= 11 is 0. The van der Waals surface area contributed by atoms with Crippen LogP contribution in [0, 0.1) is 0 Å². The van der Waals surface area contributed by atoms with Crippen molar-refractivity contribution in [1.29, 1.82) is 0 Å². The van der Waals surface area contributed by atoms with E-state index in [1.807, 2.05) is 19.1 Å². The predicted molar refractivity (Wildman–Crippen MR) is 68.0 cm³/mol. The second-order valence-corrected chi connectivity index (χ2v) is 5.83. The zero-order valence-electron chi connectivity index (χ0n) is 9.96. The van der Waals surface area contributed by atoms with Crippen molar-refractivity contribution in [2.75, 3.05) is 12.3 Å². The van der Waals surface area contributed by atoms with E-state index in [1.54, 1.807) is 12.3 Å². The van der Waals surface area contributed by atoms with E-state index in [9.17, 15) is 8.42 Å². The minimum atomic E-state index is -3.25. The Morgan fingerprint density at radius 1 is 1.47 bits per heavy atom. The Balaban J connectivity index is 2.40. The SMILES string of the molecule is CCC(N)CNS(=O)(=O)CCc1ccccn1. The standard InChI is InChI=1S/C11H19N3O2S/c1-2-10(12)9-14-17(15,16)8-6-11-5-3-4-7-13-11/h3-5,7,10,14H,2,6,8-9,12H2,1H3. The van der Waals surface area contributed by atoms with Crippen LogP contribution in [0.4, 0.5) is 0 Å². The lowest BCUT2D eigenvalue weighted by molar-refractivity contribution is 0.563. The van der Waals surface area contributed by atoms with Gasteiger partial charge >= 0.3 is 0 Å². The third-order valence-electron chi connectivity index (χ3n) is 2.44. The molecule has 0 saturated carbocycles. The summed E-state index contributed by atoms with van der Waals surface area (Å²) in [6, 6.07) is 5.33. The second kappa shape index (κ2) is 6.68. The summed E-state index contributed by atoms with van der Waals surface area (Å²) in [5.74, 6) is 0.0421. The molecule has 0 radical (unpaired) electrons. The molecule has 96 valence electrons. The highest BCUT2D eigenvalue weighted by atomic mass is 32.2. The number of nitrogens with two attached hydrogens (primary N) is 1. The van der Waals surface area contributed by atoms with Gasteiger partial charge < -0.3 is 5.73 Å². The Hall–Kier alpha value is -0.980. The van der Waals surface area contributed by atoms with E-state index in [0.29, 0.717) is 13.0 Å². The fourth-order valence-corrected chi connectivity index (χ4v) is 2.33. The molecule has 0 aliphatic heterocycles. The first-order valence-electron chi connectivity index (χ1n) is 5.66. The average Bonchev–Trinajstić information content (AvgIpc) is 2.35. The first-order valence-corrected chi connectivity index (χ1v) is 7.31. The third-order valence-corrected chi connectivity index (χ3v) is 3.79. The van der Waals surface area contributed by atoms with E-state index in [4.69, 9.17) is 5.73 Å². The van der Waals surface area contributed by atoms with E-state index < -0.39 is 10.0 Å². The maximum Gasteiger partial charge on any atom is 0.212 e. The third kappa shape index (κ3) is 5.76.